The van der Waals surface area contributed by atoms with E-state index in [1.54, 1.807) is 44.2 Å². The summed E-state index contributed by atoms with van der Waals surface area (Å²) in [6, 6.07) is 5.36. The maximum absolute atomic E-state index is 12.6. The third-order valence-corrected chi connectivity index (χ3v) is 6.17. The summed E-state index contributed by atoms with van der Waals surface area (Å²) in [5, 5.41) is 0.374. The van der Waals surface area contributed by atoms with Crippen LogP contribution >= 0.6 is 23.5 Å². The van der Waals surface area contributed by atoms with Crippen LogP contribution in [0.4, 0.5) is 0 Å². The monoisotopic (exact) mass is 298 g/mol. The maximum atomic E-state index is 12.6. The first kappa shape index (κ1) is 14.6. The molecule has 0 amide bonds. The van der Waals surface area contributed by atoms with E-state index < -0.39 is 0 Å². The number of Topliss-reactive ketones (excluding diaryl/α,β-unsaturated/α-hetero) is 1. The lowest BCUT2D eigenvalue weighted by atomic mass is 10.1. The van der Waals surface area contributed by atoms with Crippen molar-refractivity contribution in [3.05, 3.63) is 23.8 Å². The Morgan fingerprint density at radius 3 is 2.21 bits per heavy atom. The highest BCUT2D eigenvalue weighted by Gasteiger charge is 2.30. The molecule has 1 saturated heterocycles. The number of carbonyl (C=O) groups is 1. The zero-order valence-corrected chi connectivity index (χ0v) is 13.0. The van der Waals surface area contributed by atoms with Gasteiger partial charge in [-0.15, -0.1) is 11.8 Å². The smallest absolute Gasteiger partial charge is 0.177 e. The molecule has 1 aromatic rings. The highest BCUT2D eigenvalue weighted by molar-refractivity contribution is 8.07. The lowest BCUT2D eigenvalue weighted by Crippen LogP contribution is -2.31. The van der Waals surface area contributed by atoms with Crippen molar-refractivity contribution < 1.29 is 14.3 Å². The lowest BCUT2D eigenvalue weighted by molar-refractivity contribution is 0.0989. The molecule has 0 radical (unpaired) electrons. The third-order valence-electron chi connectivity index (χ3n) is 3.08. The van der Waals surface area contributed by atoms with E-state index in [0.29, 0.717) is 22.3 Å². The number of ether oxygens (including phenoxy) is 2. The second kappa shape index (κ2) is 6.57. The summed E-state index contributed by atoms with van der Waals surface area (Å²) in [5.41, 5.74) is 0.669. The van der Waals surface area contributed by atoms with Crippen molar-refractivity contribution in [1.29, 1.82) is 0 Å². The average molecular weight is 298 g/mol. The van der Waals surface area contributed by atoms with Crippen LogP contribution in [0.1, 0.15) is 17.3 Å². The van der Waals surface area contributed by atoms with Gasteiger partial charge in [-0.2, -0.15) is 11.8 Å². The second-order valence-corrected chi connectivity index (χ2v) is 7.07. The Labute approximate surface area is 122 Å². The van der Waals surface area contributed by atoms with E-state index in [-0.39, 0.29) is 11.0 Å². The summed E-state index contributed by atoms with van der Waals surface area (Å²) >= 11 is 3.61. The van der Waals surface area contributed by atoms with E-state index in [0.717, 1.165) is 11.5 Å². The van der Waals surface area contributed by atoms with Crippen LogP contribution in [0.2, 0.25) is 0 Å². The van der Waals surface area contributed by atoms with Gasteiger partial charge in [0.2, 0.25) is 0 Å². The van der Waals surface area contributed by atoms with Gasteiger partial charge >= 0.3 is 0 Å². The Morgan fingerprint density at radius 1 is 1.11 bits per heavy atom. The fourth-order valence-corrected chi connectivity index (χ4v) is 4.76. The molecular formula is C14H18O3S2. The van der Waals surface area contributed by atoms with E-state index in [9.17, 15) is 4.79 Å². The number of hydrogen-bond acceptors (Lipinski definition) is 5. The summed E-state index contributed by atoms with van der Waals surface area (Å²) in [5.74, 6) is 3.64. The minimum atomic E-state index is 0.0237. The SMILES string of the molecule is COc1cc(OC)cc(C(=O)C2SCCSC2C)c1. The largest absolute Gasteiger partial charge is 0.497 e. The van der Waals surface area contributed by atoms with Gasteiger partial charge in [0, 0.05) is 28.4 Å². The molecule has 0 saturated carbocycles. The maximum Gasteiger partial charge on any atom is 0.177 e. The van der Waals surface area contributed by atoms with Gasteiger partial charge in [0.15, 0.2) is 5.78 Å². The summed E-state index contributed by atoms with van der Waals surface area (Å²) < 4.78 is 10.4. The Morgan fingerprint density at radius 2 is 1.68 bits per heavy atom. The molecule has 1 heterocycles. The number of ketones is 1. The molecule has 0 aliphatic carbocycles. The molecular weight excluding hydrogens is 280 g/mol. The normalized spacial score (nSPS) is 22.9. The number of hydrogen-bond donors (Lipinski definition) is 0. The summed E-state index contributed by atoms with van der Waals surface area (Å²) in [7, 11) is 3.19. The molecule has 1 fully saturated rings. The first-order valence-corrected chi connectivity index (χ1v) is 8.26. The van der Waals surface area contributed by atoms with Crippen molar-refractivity contribution in [2.75, 3.05) is 25.7 Å². The Hall–Kier alpha value is -0.810. The van der Waals surface area contributed by atoms with Crippen LogP contribution in [0.15, 0.2) is 18.2 Å². The van der Waals surface area contributed by atoms with E-state index in [1.807, 2.05) is 11.8 Å². The highest BCUT2D eigenvalue weighted by atomic mass is 32.2. The van der Waals surface area contributed by atoms with Crippen molar-refractivity contribution in [2.45, 2.75) is 17.4 Å². The molecule has 1 aromatic carbocycles. The molecule has 1 aliphatic heterocycles. The minimum Gasteiger partial charge on any atom is -0.497 e. The Bertz CT molecular complexity index is 440. The second-order valence-electron chi connectivity index (χ2n) is 4.33. The first-order valence-electron chi connectivity index (χ1n) is 6.16. The van der Waals surface area contributed by atoms with Gasteiger partial charge in [0.25, 0.3) is 0 Å². The van der Waals surface area contributed by atoms with Gasteiger partial charge in [0.1, 0.15) is 11.5 Å². The molecule has 0 N–H and O–H groups in total. The van der Waals surface area contributed by atoms with E-state index in [4.69, 9.17) is 9.47 Å². The van der Waals surface area contributed by atoms with E-state index in [2.05, 4.69) is 6.92 Å². The van der Waals surface area contributed by atoms with Crippen LogP contribution in [0.5, 0.6) is 11.5 Å². The highest BCUT2D eigenvalue weighted by Crippen LogP contribution is 2.34. The molecule has 0 aromatic heterocycles. The van der Waals surface area contributed by atoms with Gasteiger partial charge in [-0.25, -0.2) is 0 Å². The fraction of sp³-hybridized carbons (Fsp3) is 0.500. The average Bonchev–Trinajstić information content (AvgIpc) is 2.46. The first-order chi connectivity index (χ1) is 9.15. The van der Waals surface area contributed by atoms with Crippen molar-refractivity contribution >= 4 is 29.3 Å². The van der Waals surface area contributed by atoms with Crippen LogP contribution in [-0.4, -0.2) is 42.0 Å². The topological polar surface area (TPSA) is 35.5 Å². The Balaban J connectivity index is 2.26. The van der Waals surface area contributed by atoms with Gasteiger partial charge < -0.3 is 9.47 Å². The molecule has 3 nitrogen and oxygen atoms in total. The molecule has 0 spiro atoms. The van der Waals surface area contributed by atoms with Crippen LogP contribution in [-0.2, 0) is 0 Å². The van der Waals surface area contributed by atoms with E-state index >= 15 is 0 Å². The van der Waals surface area contributed by atoms with Crippen LogP contribution in [0, 0.1) is 0 Å². The number of thioether (sulfide) groups is 2. The number of carbonyl (C=O) groups excluding carboxylic acids is 1. The fourth-order valence-electron chi connectivity index (χ4n) is 2.03. The van der Waals surface area contributed by atoms with Crippen molar-refractivity contribution in [2.24, 2.45) is 0 Å². The van der Waals surface area contributed by atoms with Crippen molar-refractivity contribution in [3.8, 4) is 11.5 Å². The minimum absolute atomic E-state index is 0.0237. The van der Waals surface area contributed by atoms with Gasteiger partial charge in [-0.1, -0.05) is 6.92 Å². The van der Waals surface area contributed by atoms with Gasteiger partial charge in [-0.05, 0) is 12.1 Å². The molecule has 2 rings (SSSR count). The standard InChI is InChI=1S/C14H18O3S2/c1-9-14(19-5-4-18-9)13(15)10-6-11(16-2)8-12(7-10)17-3/h6-9,14H,4-5H2,1-3H3. The molecule has 5 heteroatoms. The molecule has 2 atom stereocenters. The van der Waals surface area contributed by atoms with Crippen molar-refractivity contribution in [3.63, 3.8) is 0 Å². The molecule has 19 heavy (non-hydrogen) atoms. The van der Waals surface area contributed by atoms with Crippen LogP contribution in [0.3, 0.4) is 0 Å². The molecule has 0 bridgehead atoms. The zero-order valence-electron chi connectivity index (χ0n) is 11.3. The van der Waals surface area contributed by atoms with Gasteiger partial charge in [0.05, 0.1) is 19.5 Å². The number of benzene rings is 1. The summed E-state index contributed by atoms with van der Waals surface area (Å²) in [6.07, 6.45) is 0. The summed E-state index contributed by atoms with van der Waals surface area (Å²) in [4.78, 5) is 12.6. The van der Waals surface area contributed by atoms with E-state index in [1.165, 1.54) is 0 Å². The molecule has 2 unspecified atom stereocenters. The van der Waals surface area contributed by atoms with Gasteiger partial charge in [-0.3, -0.25) is 4.79 Å². The third kappa shape index (κ3) is 3.39. The lowest BCUT2D eigenvalue weighted by Gasteiger charge is -2.26. The molecule has 104 valence electrons. The predicted molar refractivity (Wildman–Crippen MR) is 82.0 cm³/mol. The van der Waals surface area contributed by atoms with Crippen LogP contribution in [0.25, 0.3) is 0 Å². The zero-order chi connectivity index (χ0) is 13.8. The van der Waals surface area contributed by atoms with Crippen LogP contribution < -0.4 is 9.47 Å². The number of rotatable bonds is 4. The Kier molecular flexibility index (Phi) is 5.05. The number of methoxy groups -OCH3 is 2. The quantitative estimate of drug-likeness (QED) is 0.798. The van der Waals surface area contributed by atoms with Crippen molar-refractivity contribution in [1.82, 2.24) is 0 Å². The summed E-state index contributed by atoms with van der Waals surface area (Å²) in [6.45, 7) is 2.12. The molecule has 1 aliphatic rings. The predicted octanol–water partition coefficient (Wildman–Crippen LogP) is 3.12.